The normalized spacial score (nSPS) is 11.9. The van der Waals surface area contributed by atoms with Crippen LogP contribution in [0.15, 0.2) is 39.7 Å². The molecule has 0 aromatic carbocycles. The highest BCUT2D eigenvalue weighted by molar-refractivity contribution is 5.96. The van der Waals surface area contributed by atoms with Crippen molar-refractivity contribution in [2.45, 2.75) is 32.2 Å². The zero-order valence-electron chi connectivity index (χ0n) is 12.7. The number of hydrogen-bond acceptors (Lipinski definition) is 4. The first kappa shape index (κ1) is 16.5. The number of nitrogens with one attached hydrogen (secondary N) is 2. The predicted molar refractivity (Wildman–Crippen MR) is 83.2 cm³/mol. The Kier molecular flexibility index (Phi) is 5.35. The van der Waals surface area contributed by atoms with Crippen molar-refractivity contribution < 1.29 is 19.1 Å². The second-order valence-electron chi connectivity index (χ2n) is 5.10. The molecule has 2 heterocycles. The maximum Gasteiger partial charge on any atom is 0.326 e. The first-order chi connectivity index (χ1) is 11.0. The molecule has 0 bridgehead atoms. The Morgan fingerprint density at radius 2 is 2.13 bits per heavy atom. The Morgan fingerprint density at radius 1 is 1.35 bits per heavy atom. The molecule has 0 aliphatic heterocycles. The van der Waals surface area contributed by atoms with Crippen molar-refractivity contribution in [2.24, 2.45) is 0 Å². The average Bonchev–Trinajstić information content (AvgIpc) is 3.05. The molecule has 2 aromatic heterocycles. The summed E-state index contributed by atoms with van der Waals surface area (Å²) in [6.07, 6.45) is 3.28. The molecule has 1 amide bonds. The molecule has 0 saturated heterocycles. The number of carboxylic acids is 1. The largest absolute Gasteiger partial charge is 0.480 e. The second kappa shape index (κ2) is 7.44. The number of carbonyl (C=O) groups is 2. The van der Waals surface area contributed by atoms with Gasteiger partial charge in [0.15, 0.2) is 0 Å². The van der Waals surface area contributed by atoms with Gasteiger partial charge >= 0.3 is 5.97 Å². The van der Waals surface area contributed by atoms with Gasteiger partial charge in [-0.25, -0.2) is 4.79 Å². The number of carbonyl (C=O) groups excluding carboxylic acids is 1. The number of aromatic amines is 1. The minimum absolute atomic E-state index is 0.136. The molecule has 0 aliphatic rings. The van der Waals surface area contributed by atoms with Crippen LogP contribution in [-0.4, -0.2) is 28.0 Å². The topological polar surface area (TPSA) is 112 Å². The molecular formula is C16H18N2O5. The van der Waals surface area contributed by atoms with E-state index in [4.69, 9.17) is 9.52 Å². The number of unbranched alkanes of at least 4 members (excludes halogenated alkanes) is 1. The number of amides is 1. The molecule has 1 atom stereocenters. The van der Waals surface area contributed by atoms with Gasteiger partial charge in [0.1, 0.15) is 17.4 Å². The molecule has 0 saturated carbocycles. The van der Waals surface area contributed by atoms with Gasteiger partial charge in [-0.2, -0.15) is 0 Å². The van der Waals surface area contributed by atoms with E-state index in [0.29, 0.717) is 24.3 Å². The van der Waals surface area contributed by atoms with Crippen LogP contribution in [0.3, 0.4) is 0 Å². The Balaban J connectivity index is 2.16. The summed E-state index contributed by atoms with van der Waals surface area (Å²) >= 11 is 0. The number of carboxylic acid groups (broad SMARTS) is 1. The molecule has 0 fully saturated rings. The van der Waals surface area contributed by atoms with Crippen molar-refractivity contribution in [1.29, 1.82) is 0 Å². The van der Waals surface area contributed by atoms with Gasteiger partial charge in [0, 0.05) is 0 Å². The monoisotopic (exact) mass is 318 g/mol. The number of furan rings is 1. The standard InChI is InChI=1S/C16H18N2O5/c1-2-3-5-12(16(21)22)18-15(20)10-7-8-11(17-14(10)19)13-6-4-9-23-13/h4,6-9,12H,2-3,5H2,1H3,(H,17,19)(H,18,20)(H,21,22)/t12-/m0/s1. The number of rotatable bonds is 7. The van der Waals surface area contributed by atoms with Crippen LogP contribution in [0.5, 0.6) is 0 Å². The molecule has 7 heteroatoms. The Labute approximate surface area is 132 Å². The Morgan fingerprint density at radius 3 is 2.70 bits per heavy atom. The van der Waals surface area contributed by atoms with E-state index in [1.165, 1.54) is 18.4 Å². The van der Waals surface area contributed by atoms with Crippen molar-refractivity contribution in [2.75, 3.05) is 0 Å². The molecule has 7 nitrogen and oxygen atoms in total. The highest BCUT2D eigenvalue weighted by atomic mass is 16.4. The van der Waals surface area contributed by atoms with Crippen molar-refractivity contribution in [1.82, 2.24) is 10.3 Å². The summed E-state index contributed by atoms with van der Waals surface area (Å²) < 4.78 is 5.17. The molecule has 2 rings (SSSR count). The first-order valence-corrected chi connectivity index (χ1v) is 7.33. The van der Waals surface area contributed by atoms with Crippen LogP contribution in [-0.2, 0) is 4.79 Å². The van der Waals surface area contributed by atoms with Gasteiger partial charge in [0.05, 0.1) is 12.0 Å². The predicted octanol–water partition coefficient (Wildman–Crippen LogP) is 2.01. The minimum atomic E-state index is -1.12. The first-order valence-electron chi connectivity index (χ1n) is 7.33. The number of H-pyrrole nitrogens is 1. The lowest BCUT2D eigenvalue weighted by Crippen LogP contribution is -2.42. The van der Waals surface area contributed by atoms with Gasteiger partial charge in [-0.15, -0.1) is 0 Å². The van der Waals surface area contributed by atoms with Gasteiger partial charge in [0.25, 0.3) is 11.5 Å². The fourth-order valence-corrected chi connectivity index (χ4v) is 2.13. The van der Waals surface area contributed by atoms with Gasteiger partial charge in [0.2, 0.25) is 0 Å². The third-order valence-electron chi connectivity index (χ3n) is 3.39. The lowest BCUT2D eigenvalue weighted by Gasteiger charge is -2.13. The molecule has 3 N–H and O–H groups in total. The van der Waals surface area contributed by atoms with Gasteiger partial charge < -0.3 is 19.8 Å². The lowest BCUT2D eigenvalue weighted by atomic mass is 10.1. The van der Waals surface area contributed by atoms with Crippen LogP contribution in [0, 0.1) is 0 Å². The third kappa shape index (κ3) is 4.09. The number of aliphatic carboxylic acids is 1. The van der Waals surface area contributed by atoms with Crippen LogP contribution in [0.2, 0.25) is 0 Å². The average molecular weight is 318 g/mol. The minimum Gasteiger partial charge on any atom is -0.480 e. The van der Waals surface area contributed by atoms with Crippen LogP contribution in [0.4, 0.5) is 0 Å². The smallest absolute Gasteiger partial charge is 0.326 e. The summed E-state index contributed by atoms with van der Waals surface area (Å²) in [5, 5.41) is 11.5. The Bertz CT molecular complexity index is 733. The van der Waals surface area contributed by atoms with Crippen LogP contribution < -0.4 is 10.9 Å². The quantitative estimate of drug-likeness (QED) is 0.723. The summed E-state index contributed by atoms with van der Waals surface area (Å²) in [5.41, 5.74) is -0.295. The van der Waals surface area contributed by atoms with E-state index < -0.39 is 23.5 Å². The molecule has 122 valence electrons. The van der Waals surface area contributed by atoms with Crippen molar-refractivity contribution in [3.63, 3.8) is 0 Å². The van der Waals surface area contributed by atoms with Crippen molar-refractivity contribution in [3.05, 3.63) is 46.4 Å². The third-order valence-corrected chi connectivity index (χ3v) is 3.39. The molecule has 2 aromatic rings. The number of pyridine rings is 1. The van der Waals surface area contributed by atoms with Crippen LogP contribution >= 0.6 is 0 Å². The maximum atomic E-state index is 12.1. The number of aromatic nitrogens is 1. The summed E-state index contributed by atoms with van der Waals surface area (Å²) in [5.74, 6) is -1.35. The van der Waals surface area contributed by atoms with E-state index in [1.54, 1.807) is 12.1 Å². The maximum absolute atomic E-state index is 12.1. The zero-order chi connectivity index (χ0) is 16.8. The van der Waals surface area contributed by atoms with E-state index in [0.717, 1.165) is 6.42 Å². The molecule has 0 unspecified atom stereocenters. The van der Waals surface area contributed by atoms with Crippen molar-refractivity contribution >= 4 is 11.9 Å². The van der Waals surface area contributed by atoms with Crippen LogP contribution in [0.1, 0.15) is 36.5 Å². The van der Waals surface area contributed by atoms with E-state index in [2.05, 4.69) is 10.3 Å². The van der Waals surface area contributed by atoms with E-state index in [9.17, 15) is 14.4 Å². The van der Waals surface area contributed by atoms with Crippen LogP contribution in [0.25, 0.3) is 11.5 Å². The van der Waals surface area contributed by atoms with Gasteiger partial charge in [-0.3, -0.25) is 9.59 Å². The fraction of sp³-hybridized carbons (Fsp3) is 0.312. The summed E-state index contributed by atoms with van der Waals surface area (Å²) in [7, 11) is 0. The fourth-order valence-electron chi connectivity index (χ4n) is 2.13. The van der Waals surface area contributed by atoms with E-state index in [-0.39, 0.29) is 5.56 Å². The SMILES string of the molecule is CCCC[C@H](NC(=O)c1ccc(-c2ccco2)[nH]c1=O)C(=O)O. The summed E-state index contributed by atoms with van der Waals surface area (Å²) in [4.78, 5) is 37.9. The molecule has 0 radical (unpaired) electrons. The van der Waals surface area contributed by atoms with E-state index in [1.807, 2.05) is 6.92 Å². The Hall–Kier alpha value is -2.83. The van der Waals surface area contributed by atoms with Gasteiger partial charge in [-0.05, 0) is 30.7 Å². The second-order valence-corrected chi connectivity index (χ2v) is 5.10. The van der Waals surface area contributed by atoms with Crippen molar-refractivity contribution in [3.8, 4) is 11.5 Å². The molecule has 0 spiro atoms. The lowest BCUT2D eigenvalue weighted by molar-refractivity contribution is -0.139. The molecular weight excluding hydrogens is 300 g/mol. The summed E-state index contributed by atoms with van der Waals surface area (Å²) in [6.45, 7) is 1.93. The van der Waals surface area contributed by atoms with E-state index >= 15 is 0 Å². The number of hydrogen-bond donors (Lipinski definition) is 3. The highest BCUT2D eigenvalue weighted by Crippen LogP contribution is 2.15. The summed E-state index contributed by atoms with van der Waals surface area (Å²) in [6, 6.07) is 5.24. The molecule has 23 heavy (non-hydrogen) atoms. The molecule has 0 aliphatic carbocycles. The van der Waals surface area contributed by atoms with Gasteiger partial charge in [-0.1, -0.05) is 19.8 Å². The highest BCUT2D eigenvalue weighted by Gasteiger charge is 2.21. The zero-order valence-corrected chi connectivity index (χ0v) is 12.7.